The minimum atomic E-state index is 0.391. The van der Waals surface area contributed by atoms with E-state index >= 15 is 0 Å². The highest BCUT2D eigenvalue weighted by molar-refractivity contribution is 7.98. The molecule has 2 rings (SSSR count). The Bertz CT molecular complexity index is 571. The van der Waals surface area contributed by atoms with Gasteiger partial charge in [-0.15, -0.1) is 11.8 Å². The fourth-order valence-corrected chi connectivity index (χ4v) is 3.24. The molecule has 0 fully saturated rings. The first kappa shape index (κ1) is 15.9. The van der Waals surface area contributed by atoms with Crippen molar-refractivity contribution >= 4 is 11.8 Å². The number of nitrogens with one attached hydrogen (secondary N) is 1. The molecular formula is C18H23NOS. The molecule has 0 spiro atoms. The zero-order chi connectivity index (χ0) is 15.1. The molecule has 0 aliphatic carbocycles. The van der Waals surface area contributed by atoms with Gasteiger partial charge in [-0.05, 0) is 37.2 Å². The van der Waals surface area contributed by atoms with Gasteiger partial charge in [0.2, 0.25) is 0 Å². The van der Waals surface area contributed by atoms with Gasteiger partial charge < -0.3 is 10.1 Å². The molecule has 1 unspecified atom stereocenters. The smallest absolute Gasteiger partial charge is 0.122 e. The topological polar surface area (TPSA) is 21.3 Å². The van der Waals surface area contributed by atoms with Crippen molar-refractivity contribution in [3.8, 4) is 5.75 Å². The summed E-state index contributed by atoms with van der Waals surface area (Å²) in [4.78, 5) is 1.29. The summed E-state index contributed by atoms with van der Waals surface area (Å²) < 4.78 is 5.40. The maximum atomic E-state index is 5.40. The number of para-hydroxylation sites is 1. The Morgan fingerprint density at radius 1 is 1.14 bits per heavy atom. The maximum Gasteiger partial charge on any atom is 0.122 e. The van der Waals surface area contributed by atoms with Crippen LogP contribution in [0.25, 0.3) is 0 Å². The Balaban J connectivity index is 2.05. The summed E-state index contributed by atoms with van der Waals surface area (Å²) in [5.74, 6) is 1.88. The molecule has 0 radical (unpaired) electrons. The van der Waals surface area contributed by atoms with Crippen LogP contribution < -0.4 is 10.1 Å². The van der Waals surface area contributed by atoms with Crippen molar-refractivity contribution in [1.82, 2.24) is 5.32 Å². The fourth-order valence-electron chi connectivity index (χ4n) is 2.28. The van der Waals surface area contributed by atoms with E-state index in [9.17, 15) is 0 Å². The third kappa shape index (κ3) is 4.51. The quantitative estimate of drug-likeness (QED) is 0.752. The second-order valence-corrected chi connectivity index (χ2v) is 6.00. The first-order chi connectivity index (χ1) is 10.2. The van der Waals surface area contributed by atoms with Crippen LogP contribution in [-0.2, 0) is 5.75 Å². The third-order valence-corrected chi connectivity index (χ3v) is 4.50. The number of rotatable bonds is 7. The summed E-state index contributed by atoms with van der Waals surface area (Å²) in [6.07, 6.45) is 0. The normalized spacial score (nSPS) is 12.1. The molecule has 0 bridgehead atoms. The lowest BCUT2D eigenvalue weighted by Gasteiger charge is -2.14. The fraction of sp³-hybridized carbons (Fsp3) is 0.333. The van der Waals surface area contributed by atoms with Crippen molar-refractivity contribution in [2.45, 2.75) is 30.5 Å². The number of benzene rings is 2. The third-order valence-electron chi connectivity index (χ3n) is 3.46. The molecular weight excluding hydrogens is 278 g/mol. The average Bonchev–Trinajstić information content (AvgIpc) is 2.53. The van der Waals surface area contributed by atoms with Crippen LogP contribution in [0.3, 0.4) is 0 Å². The largest absolute Gasteiger partial charge is 0.496 e. The molecule has 0 aliphatic rings. The van der Waals surface area contributed by atoms with Gasteiger partial charge in [0.05, 0.1) is 7.11 Å². The SMILES string of the molecule is CCNC(C)c1cccc(SCc2ccccc2OC)c1. The Kier molecular flexibility index (Phi) is 6.15. The lowest BCUT2D eigenvalue weighted by atomic mass is 10.1. The average molecular weight is 301 g/mol. The van der Waals surface area contributed by atoms with E-state index < -0.39 is 0 Å². The molecule has 2 aromatic carbocycles. The lowest BCUT2D eigenvalue weighted by molar-refractivity contribution is 0.411. The molecule has 21 heavy (non-hydrogen) atoms. The van der Waals surface area contributed by atoms with E-state index in [2.05, 4.69) is 55.6 Å². The van der Waals surface area contributed by atoms with Gasteiger partial charge in [-0.3, -0.25) is 0 Å². The predicted octanol–water partition coefficient (Wildman–Crippen LogP) is 4.66. The number of ether oxygens (including phenoxy) is 1. The van der Waals surface area contributed by atoms with Gasteiger partial charge in [-0.1, -0.05) is 37.3 Å². The number of thioether (sulfide) groups is 1. The van der Waals surface area contributed by atoms with Gasteiger partial charge in [0, 0.05) is 22.3 Å². The van der Waals surface area contributed by atoms with Crippen molar-refractivity contribution in [3.63, 3.8) is 0 Å². The molecule has 0 heterocycles. The standard InChI is InChI=1S/C18H23NOS/c1-4-19-14(2)15-9-7-10-17(12-15)21-13-16-8-5-6-11-18(16)20-3/h5-12,14,19H,4,13H2,1-3H3. The van der Waals surface area contributed by atoms with Crippen LogP contribution >= 0.6 is 11.8 Å². The molecule has 1 N–H and O–H groups in total. The summed E-state index contributed by atoms with van der Waals surface area (Å²) >= 11 is 1.84. The van der Waals surface area contributed by atoms with Gasteiger partial charge >= 0.3 is 0 Å². The highest BCUT2D eigenvalue weighted by atomic mass is 32.2. The van der Waals surface area contributed by atoms with Gasteiger partial charge in [-0.2, -0.15) is 0 Å². The van der Waals surface area contributed by atoms with E-state index in [-0.39, 0.29) is 0 Å². The summed E-state index contributed by atoms with van der Waals surface area (Å²) in [5, 5.41) is 3.45. The first-order valence-electron chi connectivity index (χ1n) is 7.32. The molecule has 0 saturated heterocycles. The number of hydrogen-bond donors (Lipinski definition) is 1. The lowest BCUT2D eigenvalue weighted by Crippen LogP contribution is -2.17. The van der Waals surface area contributed by atoms with Crippen molar-refractivity contribution in [1.29, 1.82) is 0 Å². The van der Waals surface area contributed by atoms with Crippen LogP contribution in [0.15, 0.2) is 53.4 Å². The summed E-state index contributed by atoms with van der Waals surface area (Å²) in [7, 11) is 1.72. The zero-order valence-corrected chi connectivity index (χ0v) is 13.7. The highest BCUT2D eigenvalue weighted by Crippen LogP contribution is 2.29. The molecule has 2 nitrogen and oxygen atoms in total. The maximum absolute atomic E-state index is 5.40. The molecule has 0 amide bonds. The Morgan fingerprint density at radius 3 is 2.71 bits per heavy atom. The Morgan fingerprint density at radius 2 is 1.95 bits per heavy atom. The molecule has 0 aliphatic heterocycles. The van der Waals surface area contributed by atoms with E-state index in [1.54, 1.807) is 7.11 Å². The van der Waals surface area contributed by atoms with Gasteiger partial charge in [0.1, 0.15) is 5.75 Å². The minimum absolute atomic E-state index is 0.391. The van der Waals surface area contributed by atoms with Crippen LogP contribution in [-0.4, -0.2) is 13.7 Å². The Labute approximate surface area is 131 Å². The van der Waals surface area contributed by atoms with E-state index in [1.807, 2.05) is 23.9 Å². The van der Waals surface area contributed by atoms with Gasteiger partial charge in [0.15, 0.2) is 0 Å². The first-order valence-corrected chi connectivity index (χ1v) is 8.31. The van der Waals surface area contributed by atoms with E-state index in [0.717, 1.165) is 18.0 Å². The monoisotopic (exact) mass is 301 g/mol. The van der Waals surface area contributed by atoms with Crippen molar-refractivity contribution in [2.75, 3.05) is 13.7 Å². The van der Waals surface area contributed by atoms with Crippen LogP contribution in [0.5, 0.6) is 5.75 Å². The zero-order valence-electron chi connectivity index (χ0n) is 12.9. The molecule has 2 aromatic rings. The van der Waals surface area contributed by atoms with Crippen molar-refractivity contribution < 1.29 is 4.74 Å². The minimum Gasteiger partial charge on any atom is -0.496 e. The van der Waals surface area contributed by atoms with Gasteiger partial charge in [-0.25, -0.2) is 0 Å². The van der Waals surface area contributed by atoms with Crippen molar-refractivity contribution in [3.05, 3.63) is 59.7 Å². The van der Waals surface area contributed by atoms with Crippen LogP contribution in [0.1, 0.15) is 31.0 Å². The number of methoxy groups -OCH3 is 1. The summed E-state index contributed by atoms with van der Waals surface area (Å²) in [5.41, 5.74) is 2.57. The molecule has 3 heteroatoms. The molecule has 0 saturated carbocycles. The molecule has 112 valence electrons. The summed E-state index contributed by atoms with van der Waals surface area (Å²) in [6.45, 7) is 5.32. The van der Waals surface area contributed by atoms with Crippen LogP contribution in [0.2, 0.25) is 0 Å². The van der Waals surface area contributed by atoms with E-state index in [4.69, 9.17) is 4.74 Å². The molecule has 0 aromatic heterocycles. The molecule has 1 atom stereocenters. The van der Waals surface area contributed by atoms with Gasteiger partial charge in [0.25, 0.3) is 0 Å². The van der Waals surface area contributed by atoms with Crippen molar-refractivity contribution in [2.24, 2.45) is 0 Å². The van der Waals surface area contributed by atoms with E-state index in [1.165, 1.54) is 16.0 Å². The predicted molar refractivity (Wildman–Crippen MR) is 91.1 cm³/mol. The Hall–Kier alpha value is -1.45. The van der Waals surface area contributed by atoms with Crippen LogP contribution in [0.4, 0.5) is 0 Å². The second kappa shape index (κ2) is 8.11. The van der Waals surface area contributed by atoms with Crippen LogP contribution in [0, 0.1) is 0 Å². The summed E-state index contributed by atoms with van der Waals surface area (Å²) in [6, 6.07) is 17.3. The second-order valence-electron chi connectivity index (χ2n) is 4.95. The number of hydrogen-bond acceptors (Lipinski definition) is 3. The highest BCUT2D eigenvalue weighted by Gasteiger charge is 2.06. The van der Waals surface area contributed by atoms with E-state index in [0.29, 0.717) is 6.04 Å².